The van der Waals surface area contributed by atoms with Crippen LogP contribution in [0.25, 0.3) is 0 Å². The summed E-state index contributed by atoms with van der Waals surface area (Å²) in [4.78, 5) is 0. The third kappa shape index (κ3) is 5.47. The first-order chi connectivity index (χ1) is 6.84. The van der Waals surface area contributed by atoms with Gasteiger partial charge in [-0.25, -0.2) is 0 Å². The van der Waals surface area contributed by atoms with Crippen molar-refractivity contribution in [3.63, 3.8) is 0 Å². The highest BCUT2D eigenvalue weighted by Crippen LogP contribution is 2.35. The molecule has 0 spiro atoms. The summed E-state index contributed by atoms with van der Waals surface area (Å²) in [6, 6.07) is 0. The molecule has 0 aromatic heterocycles. The standard InChI is InChI=1S/C10H18S4/c1-8(12-5-10-7-14-10)2-3-11-4-9-6-13-9/h8-10H,2-7H2,1H3. The molecule has 0 aliphatic carbocycles. The Bertz CT molecular complexity index is 166. The fraction of sp³-hybridized carbons (Fsp3) is 1.00. The van der Waals surface area contributed by atoms with Crippen molar-refractivity contribution in [2.45, 2.75) is 29.1 Å². The van der Waals surface area contributed by atoms with Crippen LogP contribution in [0.1, 0.15) is 13.3 Å². The Kier molecular flexibility index (Phi) is 5.27. The first kappa shape index (κ1) is 11.9. The van der Waals surface area contributed by atoms with Crippen molar-refractivity contribution >= 4 is 47.0 Å². The van der Waals surface area contributed by atoms with Crippen molar-refractivity contribution in [1.82, 2.24) is 0 Å². The highest BCUT2D eigenvalue weighted by molar-refractivity contribution is 8.09. The Morgan fingerprint density at radius 2 is 1.86 bits per heavy atom. The van der Waals surface area contributed by atoms with Crippen LogP contribution in [0, 0.1) is 0 Å². The SMILES string of the molecule is CC(CCSCC1CS1)SCC1CS1. The Morgan fingerprint density at radius 1 is 1.21 bits per heavy atom. The van der Waals surface area contributed by atoms with Crippen LogP contribution in [-0.4, -0.2) is 44.5 Å². The minimum Gasteiger partial charge on any atom is -0.161 e. The van der Waals surface area contributed by atoms with E-state index in [1.807, 2.05) is 0 Å². The summed E-state index contributed by atoms with van der Waals surface area (Å²) < 4.78 is 0. The van der Waals surface area contributed by atoms with Gasteiger partial charge in [0, 0.05) is 38.8 Å². The van der Waals surface area contributed by atoms with E-state index < -0.39 is 0 Å². The molecule has 2 rings (SSSR count). The highest BCUT2D eigenvalue weighted by atomic mass is 32.2. The van der Waals surface area contributed by atoms with Crippen molar-refractivity contribution in [3.05, 3.63) is 0 Å². The van der Waals surface area contributed by atoms with Gasteiger partial charge in [0.25, 0.3) is 0 Å². The number of thioether (sulfide) groups is 4. The lowest BCUT2D eigenvalue weighted by Gasteiger charge is -2.09. The lowest BCUT2D eigenvalue weighted by atomic mass is 10.4. The van der Waals surface area contributed by atoms with E-state index >= 15 is 0 Å². The van der Waals surface area contributed by atoms with Gasteiger partial charge in [-0.05, 0) is 12.2 Å². The van der Waals surface area contributed by atoms with E-state index in [2.05, 4.69) is 54.0 Å². The van der Waals surface area contributed by atoms with Gasteiger partial charge in [-0.1, -0.05) is 6.92 Å². The average molecular weight is 267 g/mol. The Hall–Kier alpha value is 1.40. The molecule has 0 amide bonds. The fourth-order valence-corrected chi connectivity index (χ4v) is 5.41. The van der Waals surface area contributed by atoms with E-state index in [9.17, 15) is 0 Å². The molecule has 2 aliphatic rings. The summed E-state index contributed by atoms with van der Waals surface area (Å²) in [6.07, 6.45) is 1.41. The molecule has 0 bridgehead atoms. The molecule has 0 radical (unpaired) electrons. The van der Waals surface area contributed by atoms with Crippen LogP contribution >= 0.6 is 47.0 Å². The van der Waals surface area contributed by atoms with Gasteiger partial charge in [0.1, 0.15) is 0 Å². The molecule has 0 nitrogen and oxygen atoms in total. The second-order valence-electron chi connectivity index (χ2n) is 3.92. The fourth-order valence-electron chi connectivity index (χ4n) is 1.15. The summed E-state index contributed by atoms with van der Waals surface area (Å²) >= 11 is 8.59. The monoisotopic (exact) mass is 266 g/mol. The van der Waals surface area contributed by atoms with Gasteiger partial charge < -0.3 is 0 Å². The van der Waals surface area contributed by atoms with Crippen molar-refractivity contribution < 1.29 is 0 Å². The van der Waals surface area contributed by atoms with E-state index in [1.54, 1.807) is 0 Å². The number of hydrogen-bond donors (Lipinski definition) is 0. The van der Waals surface area contributed by atoms with Gasteiger partial charge in [-0.2, -0.15) is 47.0 Å². The molecule has 2 aliphatic heterocycles. The summed E-state index contributed by atoms with van der Waals surface area (Å²) in [5.74, 6) is 7.03. The molecule has 0 aromatic carbocycles. The minimum atomic E-state index is 0.885. The van der Waals surface area contributed by atoms with E-state index in [1.165, 1.54) is 35.2 Å². The minimum absolute atomic E-state index is 0.885. The Labute approximate surface area is 105 Å². The largest absolute Gasteiger partial charge is 0.161 e. The van der Waals surface area contributed by atoms with Crippen molar-refractivity contribution in [3.8, 4) is 0 Å². The summed E-state index contributed by atoms with van der Waals surface area (Å²) in [5.41, 5.74) is 0. The highest BCUT2D eigenvalue weighted by Gasteiger charge is 2.23. The van der Waals surface area contributed by atoms with Crippen molar-refractivity contribution in [1.29, 1.82) is 0 Å². The van der Waals surface area contributed by atoms with Crippen LogP contribution in [0.4, 0.5) is 0 Å². The zero-order chi connectivity index (χ0) is 9.80. The van der Waals surface area contributed by atoms with Gasteiger partial charge in [0.2, 0.25) is 0 Å². The second kappa shape index (κ2) is 6.21. The first-order valence-electron chi connectivity index (χ1n) is 5.27. The molecule has 0 aromatic rings. The molecule has 14 heavy (non-hydrogen) atoms. The second-order valence-corrected chi connectivity index (χ2v) is 9.21. The van der Waals surface area contributed by atoms with Crippen LogP contribution in [0.15, 0.2) is 0 Å². The Morgan fingerprint density at radius 3 is 2.50 bits per heavy atom. The zero-order valence-electron chi connectivity index (χ0n) is 8.61. The third-order valence-corrected chi connectivity index (χ3v) is 7.27. The maximum absolute atomic E-state index is 2.39. The zero-order valence-corrected chi connectivity index (χ0v) is 11.9. The van der Waals surface area contributed by atoms with Gasteiger partial charge >= 0.3 is 0 Å². The lowest BCUT2D eigenvalue weighted by molar-refractivity contribution is 0.915. The Balaban J connectivity index is 1.38. The summed E-state index contributed by atoms with van der Waals surface area (Å²) in [5, 5.41) is 2.92. The van der Waals surface area contributed by atoms with E-state index in [0.29, 0.717) is 0 Å². The molecular weight excluding hydrogens is 248 g/mol. The van der Waals surface area contributed by atoms with Crippen LogP contribution in [0.2, 0.25) is 0 Å². The van der Waals surface area contributed by atoms with Crippen LogP contribution in [0.5, 0.6) is 0 Å². The molecule has 3 unspecified atom stereocenters. The normalized spacial score (nSPS) is 31.5. The average Bonchev–Trinajstić information content (AvgIpc) is 3.02. The molecule has 2 heterocycles. The van der Waals surface area contributed by atoms with Crippen LogP contribution in [-0.2, 0) is 0 Å². The van der Waals surface area contributed by atoms with Crippen LogP contribution < -0.4 is 0 Å². The molecule has 4 heteroatoms. The molecule has 2 fully saturated rings. The molecule has 0 N–H and O–H groups in total. The van der Waals surface area contributed by atoms with Gasteiger partial charge in [0.05, 0.1) is 0 Å². The number of rotatable bonds is 8. The topological polar surface area (TPSA) is 0 Å². The predicted molar refractivity (Wildman–Crippen MR) is 76.4 cm³/mol. The molecule has 0 saturated carbocycles. The predicted octanol–water partition coefficient (Wildman–Crippen LogP) is 3.46. The van der Waals surface area contributed by atoms with Gasteiger partial charge in [0.15, 0.2) is 0 Å². The van der Waals surface area contributed by atoms with E-state index in [4.69, 9.17) is 0 Å². The summed E-state index contributed by atoms with van der Waals surface area (Å²) in [6.45, 7) is 2.39. The van der Waals surface area contributed by atoms with Crippen molar-refractivity contribution in [2.75, 3.05) is 28.8 Å². The number of hydrogen-bond acceptors (Lipinski definition) is 4. The molecule has 82 valence electrons. The first-order valence-corrected chi connectivity index (χ1v) is 9.57. The van der Waals surface area contributed by atoms with E-state index in [0.717, 1.165) is 15.7 Å². The molecular formula is C10H18S4. The lowest BCUT2D eigenvalue weighted by Crippen LogP contribution is -2.02. The quantitative estimate of drug-likeness (QED) is 0.487. The summed E-state index contributed by atoms with van der Waals surface area (Å²) in [7, 11) is 0. The van der Waals surface area contributed by atoms with Gasteiger partial charge in [-0.15, -0.1) is 0 Å². The molecule has 3 atom stereocenters. The smallest absolute Gasteiger partial charge is 0.0229 e. The maximum atomic E-state index is 2.39. The van der Waals surface area contributed by atoms with Crippen LogP contribution in [0.3, 0.4) is 0 Å². The third-order valence-electron chi connectivity index (χ3n) is 2.34. The van der Waals surface area contributed by atoms with E-state index in [-0.39, 0.29) is 0 Å². The molecule has 2 saturated heterocycles. The maximum Gasteiger partial charge on any atom is 0.0229 e. The van der Waals surface area contributed by atoms with Crippen molar-refractivity contribution in [2.24, 2.45) is 0 Å². The van der Waals surface area contributed by atoms with Gasteiger partial charge in [-0.3, -0.25) is 0 Å².